The van der Waals surface area contributed by atoms with E-state index in [4.69, 9.17) is 10.5 Å². The Morgan fingerprint density at radius 1 is 1.36 bits per heavy atom. The SMILES string of the molecule is COCCN1CCCC(c2nccnc2-c2cccc(C(N)=O)c2)C1. The first-order chi connectivity index (χ1) is 12.2. The van der Waals surface area contributed by atoms with Crippen LogP contribution in [0.2, 0.25) is 0 Å². The molecule has 1 atom stereocenters. The second-order valence-corrected chi connectivity index (χ2v) is 6.37. The van der Waals surface area contributed by atoms with Crippen molar-refractivity contribution in [1.29, 1.82) is 0 Å². The summed E-state index contributed by atoms with van der Waals surface area (Å²) in [4.78, 5) is 23.1. The second-order valence-electron chi connectivity index (χ2n) is 6.37. The second kappa shape index (κ2) is 8.18. The molecule has 2 aromatic rings. The third-order valence-electron chi connectivity index (χ3n) is 4.65. The normalized spacial score (nSPS) is 18.2. The first-order valence-electron chi connectivity index (χ1n) is 8.61. The number of methoxy groups -OCH3 is 1. The van der Waals surface area contributed by atoms with Crippen LogP contribution in [0.3, 0.4) is 0 Å². The number of hydrogen-bond donors (Lipinski definition) is 1. The van der Waals surface area contributed by atoms with E-state index in [0.717, 1.165) is 56.0 Å². The van der Waals surface area contributed by atoms with Gasteiger partial charge in [0.25, 0.3) is 0 Å². The van der Waals surface area contributed by atoms with Gasteiger partial charge in [0.15, 0.2) is 0 Å². The molecule has 1 saturated heterocycles. The van der Waals surface area contributed by atoms with Crippen molar-refractivity contribution in [3.05, 3.63) is 47.9 Å². The molecule has 6 nitrogen and oxygen atoms in total. The number of carbonyl (C=O) groups is 1. The molecule has 1 aromatic carbocycles. The predicted molar refractivity (Wildman–Crippen MR) is 96.3 cm³/mol. The Morgan fingerprint density at radius 3 is 3.00 bits per heavy atom. The Balaban J connectivity index is 1.88. The summed E-state index contributed by atoms with van der Waals surface area (Å²) in [6.45, 7) is 3.71. The highest BCUT2D eigenvalue weighted by molar-refractivity contribution is 5.94. The van der Waals surface area contributed by atoms with Crippen LogP contribution < -0.4 is 5.73 Å². The van der Waals surface area contributed by atoms with Gasteiger partial charge in [-0.25, -0.2) is 0 Å². The van der Waals surface area contributed by atoms with Gasteiger partial charge in [0.05, 0.1) is 18.0 Å². The minimum absolute atomic E-state index is 0.326. The molecule has 0 radical (unpaired) electrons. The van der Waals surface area contributed by atoms with Crippen LogP contribution in [0.25, 0.3) is 11.3 Å². The Morgan fingerprint density at radius 2 is 2.20 bits per heavy atom. The average Bonchev–Trinajstić information content (AvgIpc) is 2.66. The van der Waals surface area contributed by atoms with Crippen LogP contribution in [0.4, 0.5) is 0 Å². The van der Waals surface area contributed by atoms with E-state index in [-0.39, 0.29) is 0 Å². The smallest absolute Gasteiger partial charge is 0.248 e. The van der Waals surface area contributed by atoms with Crippen LogP contribution in [0.5, 0.6) is 0 Å². The van der Waals surface area contributed by atoms with Crippen molar-refractivity contribution >= 4 is 5.91 Å². The van der Waals surface area contributed by atoms with Gasteiger partial charge in [-0.2, -0.15) is 0 Å². The van der Waals surface area contributed by atoms with E-state index in [1.54, 1.807) is 31.6 Å². The number of primary amides is 1. The first-order valence-corrected chi connectivity index (χ1v) is 8.61. The Kier molecular flexibility index (Phi) is 5.73. The molecule has 2 heterocycles. The van der Waals surface area contributed by atoms with E-state index < -0.39 is 5.91 Å². The summed E-state index contributed by atoms with van der Waals surface area (Å²) >= 11 is 0. The Hall–Kier alpha value is -2.31. The number of ether oxygens (including phenoxy) is 1. The summed E-state index contributed by atoms with van der Waals surface area (Å²) in [5.41, 5.74) is 8.61. The number of carbonyl (C=O) groups excluding carboxylic acids is 1. The maximum Gasteiger partial charge on any atom is 0.248 e. The van der Waals surface area contributed by atoms with Gasteiger partial charge in [-0.3, -0.25) is 14.8 Å². The minimum atomic E-state index is -0.435. The fourth-order valence-electron chi connectivity index (χ4n) is 3.39. The van der Waals surface area contributed by atoms with Crippen molar-refractivity contribution in [1.82, 2.24) is 14.9 Å². The molecule has 2 N–H and O–H groups in total. The van der Waals surface area contributed by atoms with Crippen molar-refractivity contribution in [2.24, 2.45) is 5.73 Å². The topological polar surface area (TPSA) is 81.3 Å². The largest absolute Gasteiger partial charge is 0.383 e. The van der Waals surface area contributed by atoms with E-state index in [1.807, 2.05) is 12.1 Å². The molecular formula is C19H24N4O2. The summed E-state index contributed by atoms with van der Waals surface area (Å²) in [6.07, 6.45) is 5.66. The summed E-state index contributed by atoms with van der Waals surface area (Å²) in [7, 11) is 1.73. The Bertz CT molecular complexity index is 735. The number of hydrogen-bond acceptors (Lipinski definition) is 5. The fourth-order valence-corrected chi connectivity index (χ4v) is 3.39. The van der Waals surface area contributed by atoms with Crippen LogP contribution in [-0.4, -0.2) is 54.1 Å². The lowest BCUT2D eigenvalue weighted by Gasteiger charge is -2.32. The highest BCUT2D eigenvalue weighted by Crippen LogP contribution is 2.31. The van der Waals surface area contributed by atoms with E-state index in [2.05, 4.69) is 14.9 Å². The van der Waals surface area contributed by atoms with Gasteiger partial charge in [0, 0.05) is 49.6 Å². The maximum atomic E-state index is 11.5. The molecule has 0 bridgehead atoms. The summed E-state index contributed by atoms with van der Waals surface area (Å²) in [5, 5.41) is 0. The monoisotopic (exact) mass is 340 g/mol. The van der Waals surface area contributed by atoms with E-state index >= 15 is 0 Å². The molecule has 1 aliphatic heterocycles. The van der Waals surface area contributed by atoms with Crippen molar-refractivity contribution in [3.8, 4) is 11.3 Å². The van der Waals surface area contributed by atoms with Crippen LogP contribution >= 0.6 is 0 Å². The van der Waals surface area contributed by atoms with Crippen LogP contribution in [0.1, 0.15) is 34.8 Å². The minimum Gasteiger partial charge on any atom is -0.383 e. The molecule has 25 heavy (non-hydrogen) atoms. The molecule has 1 unspecified atom stereocenters. The third-order valence-corrected chi connectivity index (χ3v) is 4.65. The number of benzene rings is 1. The summed E-state index contributed by atoms with van der Waals surface area (Å²) < 4.78 is 5.20. The molecule has 0 saturated carbocycles. The van der Waals surface area contributed by atoms with Crippen molar-refractivity contribution in [2.75, 3.05) is 33.4 Å². The van der Waals surface area contributed by atoms with Crippen molar-refractivity contribution in [2.45, 2.75) is 18.8 Å². The molecule has 0 aliphatic carbocycles. The lowest BCUT2D eigenvalue weighted by molar-refractivity contribution is 0.100. The highest BCUT2D eigenvalue weighted by Gasteiger charge is 2.25. The fraction of sp³-hybridized carbons (Fsp3) is 0.421. The van der Waals surface area contributed by atoms with Crippen molar-refractivity contribution in [3.63, 3.8) is 0 Å². The molecule has 1 aromatic heterocycles. The molecule has 1 aliphatic rings. The standard InChI is InChI=1S/C19H24N4O2/c1-25-11-10-23-9-3-6-16(13-23)18-17(21-7-8-22-18)14-4-2-5-15(12-14)19(20)24/h2,4-5,7-8,12,16H,3,6,9-11,13H2,1H3,(H2,20,24). The number of nitrogens with zero attached hydrogens (tertiary/aromatic N) is 3. The van der Waals surface area contributed by atoms with Gasteiger partial charge in [-0.1, -0.05) is 12.1 Å². The molecule has 1 amide bonds. The number of aromatic nitrogens is 2. The van der Waals surface area contributed by atoms with E-state index in [9.17, 15) is 4.79 Å². The molecule has 6 heteroatoms. The number of likely N-dealkylation sites (tertiary alicyclic amines) is 1. The lowest BCUT2D eigenvalue weighted by Crippen LogP contribution is -2.37. The van der Waals surface area contributed by atoms with E-state index in [1.165, 1.54) is 0 Å². The summed E-state index contributed by atoms with van der Waals surface area (Å²) in [5.74, 6) is -0.109. The van der Waals surface area contributed by atoms with Gasteiger partial charge in [0.1, 0.15) is 0 Å². The zero-order valence-corrected chi connectivity index (χ0v) is 14.5. The van der Waals surface area contributed by atoms with Gasteiger partial charge in [-0.05, 0) is 31.5 Å². The quantitative estimate of drug-likeness (QED) is 0.870. The molecule has 0 spiro atoms. The maximum absolute atomic E-state index is 11.5. The molecule has 1 fully saturated rings. The first kappa shape index (κ1) is 17.5. The third kappa shape index (κ3) is 4.21. The molecular weight excluding hydrogens is 316 g/mol. The lowest BCUT2D eigenvalue weighted by atomic mass is 9.91. The zero-order valence-electron chi connectivity index (χ0n) is 14.5. The van der Waals surface area contributed by atoms with Gasteiger partial charge in [-0.15, -0.1) is 0 Å². The zero-order chi connectivity index (χ0) is 17.6. The van der Waals surface area contributed by atoms with Crippen LogP contribution in [0.15, 0.2) is 36.7 Å². The van der Waals surface area contributed by atoms with Gasteiger partial charge < -0.3 is 15.4 Å². The number of rotatable bonds is 6. The predicted octanol–water partition coefficient (Wildman–Crippen LogP) is 2.07. The van der Waals surface area contributed by atoms with Crippen LogP contribution in [-0.2, 0) is 4.74 Å². The number of piperidine rings is 1. The number of amides is 1. The molecule has 132 valence electrons. The average molecular weight is 340 g/mol. The van der Waals surface area contributed by atoms with Crippen LogP contribution in [0, 0.1) is 0 Å². The van der Waals surface area contributed by atoms with Gasteiger partial charge in [0.2, 0.25) is 5.91 Å². The highest BCUT2D eigenvalue weighted by atomic mass is 16.5. The van der Waals surface area contributed by atoms with E-state index in [0.29, 0.717) is 11.5 Å². The van der Waals surface area contributed by atoms with Crippen molar-refractivity contribution < 1.29 is 9.53 Å². The molecule has 3 rings (SSSR count). The Labute approximate surface area is 148 Å². The number of nitrogens with two attached hydrogens (primary N) is 1. The summed E-state index contributed by atoms with van der Waals surface area (Å²) in [6, 6.07) is 7.29. The van der Waals surface area contributed by atoms with Gasteiger partial charge >= 0.3 is 0 Å².